The molecule has 0 bridgehead atoms. The first kappa shape index (κ1) is 10.8. The number of hydrogen-bond donors (Lipinski definition) is 2. The van der Waals surface area contributed by atoms with Crippen molar-refractivity contribution in [2.24, 2.45) is 21.5 Å². The van der Waals surface area contributed by atoms with Crippen LogP contribution in [0.5, 0.6) is 0 Å². The van der Waals surface area contributed by atoms with Crippen LogP contribution in [0.4, 0.5) is 0 Å². The minimum atomic E-state index is -0.450. The summed E-state index contributed by atoms with van der Waals surface area (Å²) < 4.78 is 4.98. The van der Waals surface area contributed by atoms with Crippen LogP contribution in [0.15, 0.2) is 9.98 Å². The van der Waals surface area contributed by atoms with Gasteiger partial charge in [0.15, 0.2) is 0 Å². The van der Waals surface area contributed by atoms with Crippen molar-refractivity contribution in [3.05, 3.63) is 0 Å². The summed E-state index contributed by atoms with van der Waals surface area (Å²) in [5.41, 5.74) is 10.8. The van der Waals surface area contributed by atoms with Crippen molar-refractivity contribution in [3.8, 4) is 0 Å². The molecule has 80 valence electrons. The van der Waals surface area contributed by atoms with E-state index in [0.717, 1.165) is 0 Å². The van der Waals surface area contributed by atoms with Gasteiger partial charge >= 0.3 is 0 Å². The van der Waals surface area contributed by atoms with E-state index in [1.54, 1.807) is 7.11 Å². The van der Waals surface area contributed by atoms with Gasteiger partial charge in [0.05, 0.1) is 6.61 Å². The van der Waals surface area contributed by atoms with Gasteiger partial charge in [-0.25, -0.2) is 4.99 Å². The van der Waals surface area contributed by atoms with E-state index >= 15 is 0 Å². The molecule has 1 aliphatic rings. The maximum atomic E-state index is 5.75. The van der Waals surface area contributed by atoms with E-state index in [1.165, 1.54) is 0 Å². The molecular weight excluding hydrogens is 182 g/mol. The Balaban J connectivity index is 2.79. The second-order valence-electron chi connectivity index (χ2n) is 3.58. The summed E-state index contributed by atoms with van der Waals surface area (Å²) in [5.74, 6) is 0.612. The Morgan fingerprint density at radius 2 is 2.07 bits per heavy atom. The molecule has 0 aromatic rings. The van der Waals surface area contributed by atoms with Crippen LogP contribution < -0.4 is 11.5 Å². The fourth-order valence-electron chi connectivity index (χ4n) is 1.39. The van der Waals surface area contributed by atoms with Gasteiger partial charge in [-0.1, -0.05) is 0 Å². The molecule has 1 rings (SSSR count). The highest BCUT2D eigenvalue weighted by Crippen LogP contribution is 2.18. The summed E-state index contributed by atoms with van der Waals surface area (Å²) in [6, 6.07) is 0. The standard InChI is InChI=1S/C8H17N5O/c1-8(2)12-6(9)11-7(10)13(8)4-5-14-3/h4-5H2,1-3H3,(H4,9,10,11,12). The topological polar surface area (TPSA) is 89.2 Å². The van der Waals surface area contributed by atoms with E-state index in [4.69, 9.17) is 16.2 Å². The predicted octanol–water partition coefficient (Wildman–Crippen LogP) is -0.686. The number of guanidine groups is 2. The maximum absolute atomic E-state index is 5.75. The first-order chi connectivity index (χ1) is 6.47. The molecule has 1 aliphatic heterocycles. The highest BCUT2D eigenvalue weighted by molar-refractivity contribution is 5.95. The van der Waals surface area contributed by atoms with Crippen LogP contribution in [-0.4, -0.2) is 42.7 Å². The Labute approximate surface area is 83.6 Å². The van der Waals surface area contributed by atoms with Crippen LogP contribution in [-0.2, 0) is 4.74 Å². The minimum absolute atomic E-state index is 0.223. The molecule has 14 heavy (non-hydrogen) atoms. The fourth-order valence-corrected chi connectivity index (χ4v) is 1.39. The third kappa shape index (κ3) is 2.14. The van der Waals surface area contributed by atoms with Crippen LogP contribution in [0.25, 0.3) is 0 Å². The Morgan fingerprint density at radius 1 is 1.43 bits per heavy atom. The second kappa shape index (κ2) is 3.83. The first-order valence-electron chi connectivity index (χ1n) is 4.43. The third-order valence-electron chi connectivity index (χ3n) is 2.07. The van der Waals surface area contributed by atoms with Crippen molar-refractivity contribution in [1.82, 2.24) is 4.90 Å². The molecule has 0 unspecified atom stereocenters. The first-order valence-corrected chi connectivity index (χ1v) is 4.43. The molecule has 0 aromatic carbocycles. The SMILES string of the molecule is COCCN1C(N)=NC(N)=NC1(C)C. The summed E-state index contributed by atoms with van der Waals surface area (Å²) in [4.78, 5) is 9.96. The molecule has 0 saturated heterocycles. The van der Waals surface area contributed by atoms with Gasteiger partial charge in [0.25, 0.3) is 0 Å². The van der Waals surface area contributed by atoms with E-state index in [1.807, 2.05) is 18.7 Å². The lowest BCUT2D eigenvalue weighted by Crippen LogP contribution is -2.54. The molecule has 4 N–H and O–H groups in total. The molecule has 0 aromatic heterocycles. The van der Waals surface area contributed by atoms with Crippen LogP contribution in [0, 0.1) is 0 Å². The van der Waals surface area contributed by atoms with Crippen LogP contribution >= 0.6 is 0 Å². The van der Waals surface area contributed by atoms with E-state index in [-0.39, 0.29) is 5.96 Å². The zero-order chi connectivity index (χ0) is 10.8. The van der Waals surface area contributed by atoms with E-state index in [2.05, 4.69) is 9.98 Å². The molecular formula is C8H17N5O. The van der Waals surface area contributed by atoms with Crippen molar-refractivity contribution in [3.63, 3.8) is 0 Å². The average Bonchev–Trinajstić information content (AvgIpc) is 2.00. The number of nitrogens with two attached hydrogens (primary N) is 2. The van der Waals surface area contributed by atoms with Gasteiger partial charge in [-0.3, -0.25) is 0 Å². The van der Waals surface area contributed by atoms with Gasteiger partial charge in [-0.2, -0.15) is 4.99 Å². The van der Waals surface area contributed by atoms with Crippen molar-refractivity contribution in [2.75, 3.05) is 20.3 Å². The van der Waals surface area contributed by atoms with Crippen molar-refractivity contribution >= 4 is 11.9 Å². The highest BCUT2D eigenvalue weighted by Gasteiger charge is 2.30. The Hall–Kier alpha value is -1.30. The molecule has 0 saturated carbocycles. The number of hydrogen-bond acceptors (Lipinski definition) is 6. The van der Waals surface area contributed by atoms with E-state index < -0.39 is 5.66 Å². The van der Waals surface area contributed by atoms with Gasteiger partial charge in [-0.15, -0.1) is 0 Å². The predicted molar refractivity (Wildman–Crippen MR) is 55.9 cm³/mol. The Kier molecular flexibility index (Phi) is 2.95. The maximum Gasteiger partial charge on any atom is 0.220 e. The van der Waals surface area contributed by atoms with Crippen LogP contribution in [0.2, 0.25) is 0 Å². The minimum Gasteiger partial charge on any atom is -0.383 e. The van der Waals surface area contributed by atoms with Gasteiger partial charge < -0.3 is 21.1 Å². The number of aliphatic imine (C=N–C) groups is 2. The van der Waals surface area contributed by atoms with Crippen molar-refractivity contribution in [1.29, 1.82) is 0 Å². The lowest BCUT2D eigenvalue weighted by molar-refractivity contribution is 0.134. The zero-order valence-corrected chi connectivity index (χ0v) is 8.82. The number of ether oxygens (including phenoxy) is 1. The summed E-state index contributed by atoms with van der Waals surface area (Å²) in [6.07, 6.45) is 0. The molecule has 6 nitrogen and oxygen atoms in total. The van der Waals surface area contributed by atoms with Crippen molar-refractivity contribution in [2.45, 2.75) is 19.5 Å². The van der Waals surface area contributed by atoms with Gasteiger partial charge in [0, 0.05) is 13.7 Å². The fraction of sp³-hybridized carbons (Fsp3) is 0.750. The van der Waals surface area contributed by atoms with E-state index in [0.29, 0.717) is 19.1 Å². The van der Waals surface area contributed by atoms with E-state index in [9.17, 15) is 0 Å². The molecule has 0 radical (unpaired) electrons. The van der Waals surface area contributed by atoms with Gasteiger partial charge in [0.1, 0.15) is 5.66 Å². The summed E-state index contributed by atoms with van der Waals surface area (Å²) >= 11 is 0. The molecule has 0 atom stereocenters. The highest BCUT2D eigenvalue weighted by atomic mass is 16.5. The number of methoxy groups -OCH3 is 1. The molecule has 6 heteroatoms. The number of rotatable bonds is 3. The monoisotopic (exact) mass is 199 g/mol. The van der Waals surface area contributed by atoms with Crippen LogP contribution in [0.1, 0.15) is 13.8 Å². The van der Waals surface area contributed by atoms with Gasteiger partial charge in [0.2, 0.25) is 11.9 Å². The van der Waals surface area contributed by atoms with Crippen molar-refractivity contribution < 1.29 is 4.74 Å². The van der Waals surface area contributed by atoms with Gasteiger partial charge in [-0.05, 0) is 13.8 Å². The molecule has 0 fully saturated rings. The second-order valence-corrected chi connectivity index (χ2v) is 3.58. The average molecular weight is 199 g/mol. The third-order valence-corrected chi connectivity index (χ3v) is 2.07. The molecule has 0 spiro atoms. The molecule has 1 heterocycles. The Morgan fingerprint density at radius 3 is 2.57 bits per heavy atom. The zero-order valence-electron chi connectivity index (χ0n) is 8.82. The summed E-state index contributed by atoms with van der Waals surface area (Å²) in [5, 5.41) is 0. The molecule has 0 aliphatic carbocycles. The quantitative estimate of drug-likeness (QED) is 0.630. The smallest absolute Gasteiger partial charge is 0.220 e. The Bertz CT molecular complexity index is 271. The molecule has 0 amide bonds. The normalized spacial score (nSPS) is 20.4. The summed E-state index contributed by atoms with van der Waals surface area (Å²) in [6.45, 7) is 5.08. The largest absolute Gasteiger partial charge is 0.383 e. The lowest BCUT2D eigenvalue weighted by Gasteiger charge is -2.38. The number of nitrogens with zero attached hydrogens (tertiary/aromatic N) is 3. The lowest BCUT2D eigenvalue weighted by atomic mass is 10.2. The van der Waals surface area contributed by atoms with Crippen LogP contribution in [0.3, 0.4) is 0 Å². The summed E-state index contributed by atoms with van der Waals surface area (Å²) in [7, 11) is 1.64.